The van der Waals surface area contributed by atoms with E-state index in [1.807, 2.05) is 0 Å². The Kier molecular flexibility index (Phi) is 12.7. The molecule has 0 radical (unpaired) electrons. The van der Waals surface area contributed by atoms with Gasteiger partial charge in [-0.2, -0.15) is 0 Å². The van der Waals surface area contributed by atoms with Crippen LogP contribution in [-0.4, -0.2) is 0 Å². The molecular weight excluding hydrogens is 895 g/mol. The highest BCUT2D eigenvalue weighted by Crippen LogP contribution is 2.58. The zero-order chi connectivity index (χ0) is 50.2. The van der Waals surface area contributed by atoms with Crippen molar-refractivity contribution in [2.45, 2.75) is 77.2 Å². The van der Waals surface area contributed by atoms with Gasteiger partial charge in [0.05, 0.1) is 5.41 Å². The fourth-order valence-electron chi connectivity index (χ4n) is 12.1. The Morgan fingerprint density at radius 1 is 0.473 bits per heavy atom. The number of rotatable bonds is 15. The fourth-order valence-corrected chi connectivity index (χ4v) is 12.1. The van der Waals surface area contributed by atoms with Crippen LogP contribution < -0.4 is 9.64 Å². The van der Waals surface area contributed by atoms with Crippen LogP contribution in [-0.2, 0) is 24.9 Å². The summed E-state index contributed by atoms with van der Waals surface area (Å²) in [6.45, 7) is 9.72. The highest BCUT2D eigenvalue weighted by atomic mass is 16.5. The van der Waals surface area contributed by atoms with Gasteiger partial charge >= 0.3 is 0 Å². The summed E-state index contributed by atoms with van der Waals surface area (Å²) in [6, 6.07) is 87.8. The van der Waals surface area contributed by atoms with Crippen molar-refractivity contribution in [1.82, 2.24) is 0 Å². The zero-order valence-corrected chi connectivity index (χ0v) is 43.1. The van der Waals surface area contributed by atoms with Gasteiger partial charge in [-0.05, 0) is 189 Å². The third kappa shape index (κ3) is 8.73. The minimum atomic E-state index is -0.610. The Labute approximate surface area is 438 Å². The average molecular weight is 958 g/mol. The maximum atomic E-state index is 6.61. The van der Waals surface area contributed by atoms with Gasteiger partial charge in [-0.1, -0.05) is 207 Å². The first-order valence-electron chi connectivity index (χ1n) is 26.7. The highest BCUT2D eigenvalue weighted by molar-refractivity contribution is 5.90. The molecule has 2 heteroatoms. The number of benzene rings is 10. The molecule has 0 N–H and O–H groups in total. The van der Waals surface area contributed by atoms with Gasteiger partial charge in [0.15, 0.2) is 0 Å². The molecule has 362 valence electrons. The van der Waals surface area contributed by atoms with E-state index in [4.69, 9.17) is 4.74 Å². The lowest BCUT2D eigenvalue weighted by molar-refractivity contribution is 0.306. The van der Waals surface area contributed by atoms with Crippen LogP contribution in [0.2, 0.25) is 0 Å². The lowest BCUT2D eigenvalue weighted by Gasteiger charge is -2.36. The summed E-state index contributed by atoms with van der Waals surface area (Å²) in [7, 11) is 0. The molecule has 12 rings (SSSR count). The van der Waals surface area contributed by atoms with Gasteiger partial charge in [0.1, 0.15) is 12.4 Å². The molecule has 10 aromatic carbocycles. The van der Waals surface area contributed by atoms with Crippen LogP contribution in [0.25, 0.3) is 33.4 Å². The van der Waals surface area contributed by atoms with Gasteiger partial charge in [-0.3, -0.25) is 0 Å². The normalized spacial score (nSPS) is 15.0. The molecule has 0 saturated carbocycles. The van der Waals surface area contributed by atoms with Crippen molar-refractivity contribution >= 4 is 17.1 Å². The Bertz CT molecular complexity index is 3500. The second kappa shape index (κ2) is 20.0. The van der Waals surface area contributed by atoms with E-state index >= 15 is 0 Å². The smallest absolute Gasteiger partial charge is 0.119 e. The molecule has 2 nitrogen and oxygen atoms in total. The summed E-state index contributed by atoms with van der Waals surface area (Å²) in [5.41, 5.74) is 24.7. The monoisotopic (exact) mass is 957 g/mol. The minimum Gasteiger partial charge on any atom is -0.489 e. The molecule has 3 atom stereocenters. The van der Waals surface area contributed by atoms with E-state index < -0.39 is 5.41 Å². The third-order valence-electron chi connectivity index (χ3n) is 16.3. The minimum absolute atomic E-state index is 0.473. The Morgan fingerprint density at radius 2 is 1.05 bits per heavy atom. The van der Waals surface area contributed by atoms with Crippen LogP contribution in [0.4, 0.5) is 17.1 Å². The van der Waals surface area contributed by atoms with E-state index in [0.717, 1.165) is 35.7 Å². The van der Waals surface area contributed by atoms with Gasteiger partial charge < -0.3 is 9.64 Å². The van der Waals surface area contributed by atoms with Gasteiger partial charge in [0, 0.05) is 17.1 Å². The van der Waals surface area contributed by atoms with Crippen LogP contribution in [0.15, 0.2) is 237 Å². The van der Waals surface area contributed by atoms with E-state index in [2.05, 4.69) is 269 Å². The first kappa shape index (κ1) is 46.8. The predicted molar refractivity (Wildman–Crippen MR) is 309 cm³/mol. The highest BCUT2D eigenvalue weighted by Gasteiger charge is 2.47. The van der Waals surface area contributed by atoms with Crippen LogP contribution in [0.3, 0.4) is 0 Å². The summed E-state index contributed by atoms with van der Waals surface area (Å²) in [6.07, 6.45) is 4.79. The standard InChI is InChI=1S/C72H63NO/c1-5-53(60-28-26-59-27-29-61(59)46-60)45-51(4)54-24-22-52(23-25-54)48-74-66-41-34-62(35-42-66)72(70-44-49(2)20-21-50(70)3)69-19-13-12-18-67(69)68-43-40-65(47-71(68)72)73(63-36-30-57(31-37-63)55-14-8-6-9-15-55)64-38-32-58(33-39-64)56-16-10-7-11-17-56/h6-26,28,30-44,46-47,51,53H,5,27,29,45,48H2,1-4H3. The second-order valence-electron chi connectivity index (χ2n) is 20.8. The molecule has 2 aliphatic rings. The van der Waals surface area contributed by atoms with Crippen molar-refractivity contribution < 1.29 is 4.74 Å². The molecule has 0 bridgehead atoms. The maximum absolute atomic E-state index is 6.61. The van der Waals surface area contributed by atoms with E-state index in [1.165, 1.54) is 102 Å². The molecule has 3 unspecified atom stereocenters. The number of hydrogen-bond acceptors (Lipinski definition) is 2. The third-order valence-corrected chi connectivity index (χ3v) is 16.3. The summed E-state index contributed by atoms with van der Waals surface area (Å²) in [4.78, 5) is 2.42. The van der Waals surface area contributed by atoms with E-state index in [-0.39, 0.29) is 0 Å². The Morgan fingerprint density at radius 3 is 1.68 bits per heavy atom. The van der Waals surface area contributed by atoms with Crippen molar-refractivity contribution in [2.75, 3.05) is 4.90 Å². The maximum Gasteiger partial charge on any atom is 0.119 e. The number of ether oxygens (including phenoxy) is 1. The van der Waals surface area contributed by atoms with Crippen LogP contribution in [0, 0.1) is 13.8 Å². The molecule has 74 heavy (non-hydrogen) atoms. The van der Waals surface area contributed by atoms with Crippen LogP contribution in [0.5, 0.6) is 5.75 Å². The van der Waals surface area contributed by atoms with E-state index in [1.54, 1.807) is 5.56 Å². The molecule has 0 aromatic heterocycles. The van der Waals surface area contributed by atoms with Gasteiger partial charge in [0.2, 0.25) is 0 Å². The average Bonchev–Trinajstić information content (AvgIpc) is 3.76. The molecular formula is C72H63NO. The Balaban J connectivity index is 0.891. The molecule has 0 spiro atoms. The summed E-state index contributed by atoms with van der Waals surface area (Å²) < 4.78 is 6.61. The quantitative estimate of drug-likeness (QED) is 0.102. The van der Waals surface area contributed by atoms with Crippen LogP contribution in [0.1, 0.15) is 99.7 Å². The number of nitrogens with zero attached hydrogens (tertiary/aromatic N) is 1. The van der Waals surface area contributed by atoms with E-state index in [0.29, 0.717) is 18.4 Å². The summed E-state index contributed by atoms with van der Waals surface area (Å²) >= 11 is 0. The molecule has 0 aliphatic heterocycles. The van der Waals surface area contributed by atoms with Crippen molar-refractivity contribution in [2.24, 2.45) is 0 Å². The van der Waals surface area contributed by atoms with Crippen molar-refractivity contribution in [3.8, 4) is 39.1 Å². The number of aryl methyl sites for hydroxylation is 4. The van der Waals surface area contributed by atoms with Gasteiger partial charge in [-0.15, -0.1) is 0 Å². The van der Waals surface area contributed by atoms with Crippen molar-refractivity contribution in [1.29, 1.82) is 0 Å². The first-order valence-corrected chi connectivity index (χ1v) is 26.7. The second-order valence-corrected chi connectivity index (χ2v) is 20.8. The van der Waals surface area contributed by atoms with Crippen molar-refractivity contribution in [3.05, 3.63) is 298 Å². The molecule has 0 amide bonds. The lowest BCUT2D eigenvalue weighted by Crippen LogP contribution is -2.30. The summed E-state index contributed by atoms with van der Waals surface area (Å²) in [5.74, 6) is 1.91. The molecule has 0 fully saturated rings. The van der Waals surface area contributed by atoms with E-state index in [9.17, 15) is 0 Å². The molecule has 0 heterocycles. The van der Waals surface area contributed by atoms with Crippen LogP contribution >= 0.6 is 0 Å². The Hall–Kier alpha value is -8.20. The predicted octanol–water partition coefficient (Wildman–Crippen LogP) is 18.8. The number of fused-ring (bicyclic) bond motifs is 4. The lowest BCUT2D eigenvalue weighted by atomic mass is 9.66. The topological polar surface area (TPSA) is 12.5 Å². The van der Waals surface area contributed by atoms with Gasteiger partial charge in [0.25, 0.3) is 0 Å². The SMILES string of the molecule is CCC(CC(C)c1ccc(COc2ccc(C3(c4cc(C)ccc4C)c4ccccc4-c4ccc(N(c5ccc(-c6ccccc6)cc5)c5ccc(-c6ccccc6)cc5)cc43)cc2)cc1)c1ccc2c(c1)CC2. The summed E-state index contributed by atoms with van der Waals surface area (Å²) in [5, 5.41) is 0. The largest absolute Gasteiger partial charge is 0.489 e. The molecule has 0 saturated heterocycles. The number of anilines is 3. The zero-order valence-electron chi connectivity index (χ0n) is 43.1. The number of hydrogen-bond donors (Lipinski definition) is 0. The molecule has 10 aromatic rings. The first-order chi connectivity index (χ1) is 36.3. The van der Waals surface area contributed by atoms with Gasteiger partial charge in [-0.25, -0.2) is 0 Å². The molecule has 2 aliphatic carbocycles. The van der Waals surface area contributed by atoms with Crippen molar-refractivity contribution in [3.63, 3.8) is 0 Å². The fraction of sp³-hybridized carbons (Fsp3) is 0.167.